The molecule has 0 saturated carbocycles. The first-order chi connectivity index (χ1) is 13.4. The van der Waals surface area contributed by atoms with E-state index < -0.39 is 5.97 Å². The number of aromatic nitrogens is 2. The summed E-state index contributed by atoms with van der Waals surface area (Å²) in [7, 11) is 0. The molecule has 3 aromatic rings. The molecule has 0 bridgehead atoms. The number of rotatable bonds is 6. The Bertz CT molecular complexity index is 1040. The van der Waals surface area contributed by atoms with E-state index in [1.165, 1.54) is 21.8 Å². The second-order valence-corrected chi connectivity index (χ2v) is 7.27. The minimum atomic E-state index is -0.509. The molecule has 0 spiro atoms. The highest BCUT2D eigenvalue weighted by Crippen LogP contribution is 2.10. The number of nitrogens with one attached hydrogen (secondary N) is 2. The third-order valence-electron chi connectivity index (χ3n) is 3.77. The first-order valence-electron chi connectivity index (χ1n) is 8.68. The highest BCUT2D eigenvalue weighted by atomic mass is 32.1. The van der Waals surface area contributed by atoms with E-state index in [9.17, 15) is 14.4 Å². The smallest absolute Gasteiger partial charge is 0.338 e. The summed E-state index contributed by atoms with van der Waals surface area (Å²) in [6, 6.07) is 7.91. The van der Waals surface area contributed by atoms with Gasteiger partial charge in [-0.25, -0.2) is 14.6 Å². The quantitative estimate of drug-likeness (QED) is 0.619. The molecule has 2 amide bonds. The van der Waals surface area contributed by atoms with Gasteiger partial charge in [0.15, 0.2) is 4.96 Å². The highest BCUT2D eigenvalue weighted by molar-refractivity contribution is 7.15. The van der Waals surface area contributed by atoms with Gasteiger partial charge in [0, 0.05) is 30.2 Å². The maximum atomic E-state index is 12.2. The van der Waals surface area contributed by atoms with Crippen molar-refractivity contribution in [1.29, 1.82) is 0 Å². The fraction of sp³-hybridized carbons (Fsp3) is 0.263. The van der Waals surface area contributed by atoms with Gasteiger partial charge in [-0.3, -0.25) is 9.20 Å². The number of thiazole rings is 1. The van der Waals surface area contributed by atoms with Crippen LogP contribution in [-0.2, 0) is 17.9 Å². The number of fused-ring (bicyclic) bond motifs is 1. The first kappa shape index (κ1) is 19.6. The van der Waals surface area contributed by atoms with Crippen molar-refractivity contribution in [2.24, 2.45) is 0 Å². The molecule has 0 aliphatic carbocycles. The lowest BCUT2D eigenvalue weighted by molar-refractivity contribution is 0.0467. The van der Waals surface area contributed by atoms with E-state index >= 15 is 0 Å². The molecule has 1 aromatic carbocycles. The number of esters is 1. The van der Waals surface area contributed by atoms with Crippen LogP contribution >= 0.6 is 11.3 Å². The topological polar surface area (TPSA) is 102 Å². The van der Waals surface area contributed by atoms with Crippen molar-refractivity contribution >= 4 is 28.3 Å². The maximum absolute atomic E-state index is 12.2. The Morgan fingerprint density at radius 2 is 2.00 bits per heavy atom. The third-order valence-corrected chi connectivity index (χ3v) is 4.53. The number of hydrogen-bond acceptors (Lipinski definition) is 6. The lowest BCUT2D eigenvalue weighted by atomic mass is 10.1. The molecule has 8 nitrogen and oxygen atoms in total. The average molecular weight is 400 g/mol. The van der Waals surface area contributed by atoms with Crippen LogP contribution in [0.15, 0.2) is 46.7 Å². The summed E-state index contributed by atoms with van der Waals surface area (Å²) in [5.74, 6) is -0.509. The number of ether oxygens (including phenoxy) is 1. The molecule has 0 unspecified atom stereocenters. The normalized spacial score (nSPS) is 10.8. The fourth-order valence-corrected chi connectivity index (χ4v) is 3.18. The zero-order valence-corrected chi connectivity index (χ0v) is 16.3. The summed E-state index contributed by atoms with van der Waals surface area (Å²) in [4.78, 5) is 40.6. The van der Waals surface area contributed by atoms with Crippen LogP contribution in [-0.4, -0.2) is 27.4 Å². The van der Waals surface area contributed by atoms with Crippen LogP contribution < -0.4 is 16.2 Å². The molecule has 0 aliphatic rings. The Hall–Kier alpha value is -3.20. The minimum absolute atomic E-state index is 0.0588. The van der Waals surface area contributed by atoms with E-state index in [0.717, 1.165) is 5.56 Å². The Kier molecular flexibility index (Phi) is 6.05. The van der Waals surface area contributed by atoms with Crippen LogP contribution in [0, 0.1) is 0 Å². The summed E-state index contributed by atoms with van der Waals surface area (Å²) < 4.78 is 6.69. The molecule has 2 N–H and O–H groups in total. The molecular formula is C19H20N4O4S. The van der Waals surface area contributed by atoms with Crippen molar-refractivity contribution in [2.75, 3.05) is 0 Å². The predicted molar refractivity (Wildman–Crippen MR) is 105 cm³/mol. The van der Waals surface area contributed by atoms with Crippen LogP contribution in [0.4, 0.5) is 4.79 Å². The van der Waals surface area contributed by atoms with Crippen molar-refractivity contribution in [1.82, 2.24) is 20.0 Å². The molecule has 3 rings (SSSR count). The number of carbonyl (C=O) groups is 2. The lowest BCUT2D eigenvalue weighted by Crippen LogP contribution is -2.39. The monoisotopic (exact) mass is 400 g/mol. The molecule has 0 radical (unpaired) electrons. The van der Waals surface area contributed by atoms with Crippen LogP contribution in [0.25, 0.3) is 4.96 Å². The van der Waals surface area contributed by atoms with Gasteiger partial charge in [-0.05, 0) is 31.5 Å². The second kappa shape index (κ2) is 8.66. The van der Waals surface area contributed by atoms with Crippen LogP contribution in [0.5, 0.6) is 0 Å². The number of nitrogens with zero attached hydrogens (tertiary/aromatic N) is 2. The molecule has 9 heteroatoms. The Balaban J connectivity index is 1.55. The standard InChI is InChI=1S/C19H20N4O4S/c1-12(2)21-18(26)20-10-13-3-5-14(6-4-13)17(25)27-11-15-9-16(24)23-7-8-28-19(23)22-15/h3-9,12H,10-11H2,1-2H3,(H2,20,21,26). The van der Waals surface area contributed by atoms with Gasteiger partial charge >= 0.3 is 12.0 Å². The summed E-state index contributed by atoms with van der Waals surface area (Å²) in [6.07, 6.45) is 1.65. The van der Waals surface area contributed by atoms with E-state index in [-0.39, 0.29) is 24.2 Å². The van der Waals surface area contributed by atoms with Gasteiger partial charge in [0.25, 0.3) is 5.56 Å². The number of benzene rings is 1. The van der Waals surface area contributed by atoms with Crippen molar-refractivity contribution in [2.45, 2.75) is 33.0 Å². The van der Waals surface area contributed by atoms with Gasteiger partial charge < -0.3 is 15.4 Å². The minimum Gasteiger partial charge on any atom is -0.456 e. The SMILES string of the molecule is CC(C)NC(=O)NCc1ccc(C(=O)OCc2cc(=O)n3ccsc3n2)cc1. The zero-order valence-electron chi connectivity index (χ0n) is 15.5. The van der Waals surface area contributed by atoms with E-state index in [2.05, 4.69) is 15.6 Å². The molecular weight excluding hydrogens is 380 g/mol. The van der Waals surface area contributed by atoms with Gasteiger partial charge in [0.05, 0.1) is 11.3 Å². The van der Waals surface area contributed by atoms with Gasteiger partial charge in [0.2, 0.25) is 0 Å². The molecule has 0 aliphatic heterocycles. The maximum Gasteiger partial charge on any atom is 0.338 e. The molecule has 0 fully saturated rings. The molecule has 146 valence electrons. The number of urea groups is 1. The summed E-state index contributed by atoms with van der Waals surface area (Å²) in [5, 5.41) is 7.24. The van der Waals surface area contributed by atoms with E-state index in [1.54, 1.807) is 35.8 Å². The van der Waals surface area contributed by atoms with E-state index in [4.69, 9.17) is 4.74 Å². The predicted octanol–water partition coefficient (Wildman–Crippen LogP) is 2.32. The van der Waals surface area contributed by atoms with Gasteiger partial charge in [-0.15, -0.1) is 11.3 Å². The van der Waals surface area contributed by atoms with Crippen LogP contribution in [0.1, 0.15) is 35.5 Å². The summed E-state index contributed by atoms with van der Waals surface area (Å²) in [6.45, 7) is 4.03. The van der Waals surface area contributed by atoms with E-state index in [1.807, 2.05) is 13.8 Å². The first-order valence-corrected chi connectivity index (χ1v) is 9.56. The Morgan fingerprint density at radius 3 is 2.71 bits per heavy atom. The third kappa shape index (κ3) is 4.95. The van der Waals surface area contributed by atoms with E-state index in [0.29, 0.717) is 22.8 Å². The molecule has 0 saturated heterocycles. The molecule has 2 heterocycles. The number of hydrogen-bond donors (Lipinski definition) is 2. The van der Waals surface area contributed by atoms with Crippen LogP contribution in [0.2, 0.25) is 0 Å². The Labute approximate surface area is 165 Å². The van der Waals surface area contributed by atoms with Gasteiger partial charge in [0.1, 0.15) is 6.61 Å². The van der Waals surface area contributed by atoms with Gasteiger partial charge in [-0.2, -0.15) is 0 Å². The Morgan fingerprint density at radius 1 is 1.25 bits per heavy atom. The highest BCUT2D eigenvalue weighted by Gasteiger charge is 2.10. The zero-order chi connectivity index (χ0) is 20.1. The fourth-order valence-electron chi connectivity index (χ4n) is 2.44. The largest absolute Gasteiger partial charge is 0.456 e. The van der Waals surface area contributed by atoms with Crippen molar-refractivity contribution < 1.29 is 14.3 Å². The average Bonchev–Trinajstić information content (AvgIpc) is 3.13. The second-order valence-electron chi connectivity index (χ2n) is 6.40. The molecule has 2 aromatic heterocycles. The molecule has 28 heavy (non-hydrogen) atoms. The van der Waals surface area contributed by atoms with Crippen molar-refractivity contribution in [3.8, 4) is 0 Å². The number of carbonyl (C=O) groups excluding carboxylic acids is 2. The summed E-state index contributed by atoms with van der Waals surface area (Å²) in [5.41, 5.74) is 1.42. The van der Waals surface area contributed by atoms with Gasteiger partial charge in [-0.1, -0.05) is 12.1 Å². The van der Waals surface area contributed by atoms with Crippen molar-refractivity contribution in [3.05, 3.63) is 69.1 Å². The molecule has 0 atom stereocenters. The van der Waals surface area contributed by atoms with Crippen molar-refractivity contribution in [3.63, 3.8) is 0 Å². The van der Waals surface area contributed by atoms with Crippen LogP contribution in [0.3, 0.4) is 0 Å². The summed E-state index contributed by atoms with van der Waals surface area (Å²) >= 11 is 1.33. The lowest BCUT2D eigenvalue weighted by Gasteiger charge is -2.10. The number of amides is 2.